The van der Waals surface area contributed by atoms with E-state index in [1.54, 1.807) is 29.2 Å². The van der Waals surface area contributed by atoms with Crippen LogP contribution in [0, 0.1) is 5.92 Å². The van der Waals surface area contributed by atoms with Gasteiger partial charge in [0.15, 0.2) is 0 Å². The number of benzene rings is 1. The van der Waals surface area contributed by atoms with E-state index in [0.717, 1.165) is 32.1 Å². The van der Waals surface area contributed by atoms with Gasteiger partial charge in [-0.3, -0.25) is 9.59 Å². The molecule has 1 aromatic carbocycles. The van der Waals surface area contributed by atoms with Crippen LogP contribution in [0.3, 0.4) is 0 Å². The number of hydrogen-bond donors (Lipinski definition) is 3. The second kappa shape index (κ2) is 10.9. The van der Waals surface area contributed by atoms with Gasteiger partial charge in [-0.1, -0.05) is 0 Å². The Hall–Kier alpha value is -3.41. The lowest BCUT2D eigenvalue weighted by Gasteiger charge is -2.35. The summed E-state index contributed by atoms with van der Waals surface area (Å²) in [5.74, 6) is -0.777. The van der Waals surface area contributed by atoms with Gasteiger partial charge in [0, 0.05) is 49.5 Å². The zero-order valence-electron chi connectivity index (χ0n) is 21.1. The van der Waals surface area contributed by atoms with Crippen LogP contribution in [-0.4, -0.2) is 77.9 Å². The standard InChI is InChI=1S/C25H32F3N7O2/c1-29-22(36)16-12-18(13-16)31-21-20(25(26,27)28)14-30-24(33-21)32-17-6-4-15(5-7-17)23(37)35(3)19-8-10-34(2)11-9-19/h4-7,14,16,18-19H,8-13H2,1-3H3,(H,29,36)(H2,30,31,32,33). The van der Waals surface area contributed by atoms with Gasteiger partial charge in [0.1, 0.15) is 11.4 Å². The molecule has 2 aliphatic rings. The topological polar surface area (TPSA) is 102 Å². The SMILES string of the molecule is CNC(=O)C1CC(Nc2nc(Nc3ccc(C(=O)N(C)C4CCN(C)CC4)cc3)ncc2C(F)(F)F)C1. The van der Waals surface area contributed by atoms with Crippen LogP contribution in [0.5, 0.6) is 0 Å². The molecule has 1 saturated carbocycles. The van der Waals surface area contributed by atoms with Crippen molar-refractivity contribution in [3.63, 3.8) is 0 Å². The first kappa shape index (κ1) is 26.6. The third-order valence-corrected chi connectivity index (χ3v) is 7.13. The van der Waals surface area contributed by atoms with Gasteiger partial charge in [-0.05, 0) is 70.1 Å². The van der Waals surface area contributed by atoms with E-state index < -0.39 is 11.7 Å². The Morgan fingerprint density at radius 3 is 2.35 bits per heavy atom. The zero-order chi connectivity index (χ0) is 26.7. The highest BCUT2D eigenvalue weighted by atomic mass is 19.4. The maximum atomic E-state index is 13.5. The van der Waals surface area contributed by atoms with Crippen LogP contribution in [0.2, 0.25) is 0 Å². The molecule has 0 spiro atoms. The largest absolute Gasteiger partial charge is 0.421 e. The van der Waals surface area contributed by atoms with Crippen LogP contribution in [0.15, 0.2) is 30.5 Å². The highest BCUT2D eigenvalue weighted by molar-refractivity contribution is 5.94. The van der Waals surface area contributed by atoms with Gasteiger partial charge in [-0.15, -0.1) is 0 Å². The van der Waals surface area contributed by atoms with E-state index in [1.807, 2.05) is 7.05 Å². The van der Waals surface area contributed by atoms with E-state index >= 15 is 0 Å². The van der Waals surface area contributed by atoms with E-state index in [0.29, 0.717) is 24.1 Å². The number of piperidine rings is 1. The predicted molar refractivity (Wildman–Crippen MR) is 134 cm³/mol. The second-order valence-corrected chi connectivity index (χ2v) is 9.73. The number of anilines is 3. The average molecular weight is 520 g/mol. The molecule has 2 amide bonds. The number of carbonyl (C=O) groups is 2. The first-order valence-electron chi connectivity index (χ1n) is 12.3. The van der Waals surface area contributed by atoms with Crippen molar-refractivity contribution in [3.8, 4) is 0 Å². The molecule has 0 radical (unpaired) electrons. The van der Waals surface area contributed by atoms with Crippen molar-refractivity contribution in [2.75, 3.05) is 44.9 Å². The number of nitrogens with one attached hydrogen (secondary N) is 3. The summed E-state index contributed by atoms with van der Waals surface area (Å²) in [7, 11) is 5.41. The van der Waals surface area contributed by atoms with E-state index in [9.17, 15) is 22.8 Å². The van der Waals surface area contributed by atoms with Gasteiger partial charge in [0.25, 0.3) is 5.91 Å². The first-order valence-corrected chi connectivity index (χ1v) is 12.3. The van der Waals surface area contributed by atoms with Crippen molar-refractivity contribution < 1.29 is 22.8 Å². The molecule has 3 N–H and O–H groups in total. The van der Waals surface area contributed by atoms with Crippen LogP contribution in [0.4, 0.5) is 30.6 Å². The molecule has 37 heavy (non-hydrogen) atoms. The van der Waals surface area contributed by atoms with E-state index in [-0.39, 0.29) is 41.6 Å². The number of amides is 2. The summed E-state index contributed by atoms with van der Waals surface area (Å²) in [6.45, 7) is 1.90. The Balaban J connectivity index is 1.42. The lowest BCUT2D eigenvalue weighted by Crippen LogP contribution is -2.44. The highest BCUT2D eigenvalue weighted by Gasteiger charge is 2.39. The van der Waals surface area contributed by atoms with Crippen LogP contribution < -0.4 is 16.0 Å². The molecule has 1 aliphatic heterocycles. The molecule has 200 valence electrons. The molecule has 2 heterocycles. The zero-order valence-corrected chi connectivity index (χ0v) is 21.1. The van der Waals surface area contributed by atoms with Crippen molar-refractivity contribution in [2.24, 2.45) is 5.92 Å². The minimum absolute atomic E-state index is 0.0137. The first-order chi connectivity index (χ1) is 17.5. The molecular weight excluding hydrogens is 487 g/mol. The fourth-order valence-electron chi connectivity index (χ4n) is 4.68. The molecule has 12 heteroatoms. The van der Waals surface area contributed by atoms with Crippen molar-refractivity contribution in [2.45, 2.75) is 43.9 Å². The molecule has 2 aromatic rings. The average Bonchev–Trinajstić information content (AvgIpc) is 2.85. The van der Waals surface area contributed by atoms with Gasteiger partial charge < -0.3 is 25.8 Å². The maximum Gasteiger partial charge on any atom is 0.421 e. The van der Waals surface area contributed by atoms with Crippen LogP contribution in [-0.2, 0) is 11.0 Å². The minimum Gasteiger partial charge on any atom is -0.367 e. The Kier molecular flexibility index (Phi) is 7.86. The van der Waals surface area contributed by atoms with Crippen molar-refractivity contribution in [1.82, 2.24) is 25.1 Å². The molecule has 1 aromatic heterocycles. The molecule has 0 bridgehead atoms. The Bertz CT molecular complexity index is 1110. The Morgan fingerprint density at radius 1 is 1.11 bits per heavy atom. The molecule has 1 saturated heterocycles. The highest BCUT2D eigenvalue weighted by Crippen LogP contribution is 2.37. The van der Waals surface area contributed by atoms with Gasteiger partial charge in [-0.25, -0.2) is 4.98 Å². The molecule has 0 atom stereocenters. The summed E-state index contributed by atoms with van der Waals surface area (Å²) in [6.07, 6.45) is -1.20. The second-order valence-electron chi connectivity index (χ2n) is 9.73. The third-order valence-electron chi connectivity index (χ3n) is 7.13. The Morgan fingerprint density at radius 2 is 1.76 bits per heavy atom. The monoisotopic (exact) mass is 519 g/mol. The van der Waals surface area contributed by atoms with Crippen molar-refractivity contribution in [3.05, 3.63) is 41.6 Å². The summed E-state index contributed by atoms with van der Waals surface area (Å²) in [6, 6.07) is 6.58. The molecule has 9 nitrogen and oxygen atoms in total. The molecule has 0 unspecified atom stereocenters. The predicted octanol–water partition coefficient (Wildman–Crippen LogP) is 3.34. The number of alkyl halides is 3. The lowest BCUT2D eigenvalue weighted by atomic mass is 9.79. The number of nitrogens with zero attached hydrogens (tertiary/aromatic N) is 4. The molecule has 1 aliphatic carbocycles. The van der Waals surface area contributed by atoms with E-state index in [1.165, 1.54) is 7.05 Å². The minimum atomic E-state index is -4.63. The summed E-state index contributed by atoms with van der Waals surface area (Å²) in [5, 5.41) is 8.27. The summed E-state index contributed by atoms with van der Waals surface area (Å²) in [5.41, 5.74) is 0.0881. The normalized spacial score (nSPS) is 20.6. The number of aromatic nitrogens is 2. The van der Waals surface area contributed by atoms with Crippen LogP contribution >= 0.6 is 0 Å². The van der Waals surface area contributed by atoms with Crippen molar-refractivity contribution >= 4 is 29.3 Å². The van der Waals surface area contributed by atoms with Gasteiger partial charge in [0.2, 0.25) is 11.9 Å². The summed E-state index contributed by atoms with van der Waals surface area (Å²) < 4.78 is 40.6. The summed E-state index contributed by atoms with van der Waals surface area (Å²) in [4.78, 5) is 36.5. The number of rotatable bonds is 7. The van der Waals surface area contributed by atoms with E-state index in [2.05, 4.69) is 37.9 Å². The molecule has 2 fully saturated rings. The molecule has 4 rings (SSSR count). The number of hydrogen-bond acceptors (Lipinski definition) is 7. The van der Waals surface area contributed by atoms with Crippen molar-refractivity contribution in [1.29, 1.82) is 0 Å². The smallest absolute Gasteiger partial charge is 0.367 e. The van der Waals surface area contributed by atoms with Gasteiger partial charge >= 0.3 is 6.18 Å². The lowest BCUT2D eigenvalue weighted by molar-refractivity contribution is -0.137. The van der Waals surface area contributed by atoms with Crippen LogP contribution in [0.1, 0.15) is 41.6 Å². The molecular formula is C25H32F3N7O2. The maximum absolute atomic E-state index is 13.5. The van der Waals surface area contributed by atoms with Crippen LogP contribution in [0.25, 0.3) is 0 Å². The van der Waals surface area contributed by atoms with Gasteiger partial charge in [-0.2, -0.15) is 18.2 Å². The number of carbonyl (C=O) groups excluding carboxylic acids is 2. The Labute approximate surface area is 213 Å². The summed E-state index contributed by atoms with van der Waals surface area (Å²) >= 11 is 0. The quantitative estimate of drug-likeness (QED) is 0.516. The number of halogens is 3. The fraction of sp³-hybridized carbons (Fsp3) is 0.520. The number of likely N-dealkylation sites (tertiary alicyclic amines) is 1. The fourth-order valence-corrected chi connectivity index (χ4v) is 4.68. The van der Waals surface area contributed by atoms with Gasteiger partial charge in [0.05, 0.1) is 0 Å². The van der Waals surface area contributed by atoms with E-state index in [4.69, 9.17) is 0 Å². The third kappa shape index (κ3) is 6.30.